The molecule has 0 aromatic rings. The molecule has 0 aromatic heterocycles. The van der Waals surface area contributed by atoms with Gasteiger partial charge in [0.2, 0.25) is 0 Å². The highest BCUT2D eigenvalue weighted by Gasteiger charge is 2.59. The molecule has 28 heavy (non-hydrogen) atoms. The van der Waals surface area contributed by atoms with Crippen molar-refractivity contribution in [1.29, 1.82) is 0 Å². The van der Waals surface area contributed by atoms with E-state index in [0.29, 0.717) is 23.2 Å². The number of aliphatic hydroxyl groups excluding tert-OH is 1. The number of carboxylic acids is 1. The van der Waals surface area contributed by atoms with Crippen LogP contribution in [-0.4, -0.2) is 22.3 Å². The van der Waals surface area contributed by atoms with Gasteiger partial charge in [0, 0.05) is 6.42 Å². The zero-order valence-electron chi connectivity index (χ0n) is 18.1. The van der Waals surface area contributed by atoms with Crippen molar-refractivity contribution in [3.05, 3.63) is 11.6 Å². The number of carbonyl (C=O) groups is 1. The van der Waals surface area contributed by atoms with Gasteiger partial charge < -0.3 is 10.2 Å². The van der Waals surface area contributed by atoms with Crippen molar-refractivity contribution in [3.63, 3.8) is 0 Å². The lowest BCUT2D eigenvalue weighted by Crippen LogP contribution is -2.50. The molecule has 0 bridgehead atoms. The summed E-state index contributed by atoms with van der Waals surface area (Å²) in [5.74, 6) is 3.20. The molecule has 0 radical (unpaired) electrons. The first-order chi connectivity index (χ1) is 13.3. The van der Waals surface area contributed by atoms with Crippen LogP contribution >= 0.6 is 0 Å². The van der Waals surface area contributed by atoms with Crippen molar-refractivity contribution in [3.8, 4) is 0 Å². The summed E-state index contributed by atoms with van der Waals surface area (Å²) in [5.41, 5.74) is 2.33. The maximum Gasteiger partial charge on any atom is 0.303 e. The summed E-state index contributed by atoms with van der Waals surface area (Å²) in [6.07, 6.45) is 14.3. The standard InChI is InChI=1S/C25H40O3/c1-16(5-4-6-23(27)28)20-9-10-21-19-8-7-17-15-18(26)11-13-24(17,2)22(19)12-14-25(20,21)3/h7,16,18-22,26H,4-6,8-15H2,1-3H3,(H,27,28)/t16-,18+,19+,20-,21+,22+,24+,25-/m1/s1. The van der Waals surface area contributed by atoms with Crippen LogP contribution in [0, 0.1) is 40.4 Å². The van der Waals surface area contributed by atoms with Gasteiger partial charge in [-0.1, -0.05) is 32.4 Å². The van der Waals surface area contributed by atoms with Crippen molar-refractivity contribution in [2.45, 2.75) is 97.5 Å². The van der Waals surface area contributed by atoms with E-state index in [1.165, 1.54) is 38.5 Å². The summed E-state index contributed by atoms with van der Waals surface area (Å²) >= 11 is 0. The molecule has 4 aliphatic carbocycles. The fourth-order valence-corrected chi connectivity index (χ4v) is 8.39. The van der Waals surface area contributed by atoms with Crippen LogP contribution in [0.4, 0.5) is 0 Å². The summed E-state index contributed by atoms with van der Waals surface area (Å²) in [6.45, 7) is 7.46. The fourth-order valence-electron chi connectivity index (χ4n) is 8.39. The Morgan fingerprint density at radius 2 is 1.96 bits per heavy atom. The number of hydrogen-bond donors (Lipinski definition) is 2. The molecular weight excluding hydrogens is 348 g/mol. The van der Waals surface area contributed by atoms with Crippen LogP contribution < -0.4 is 0 Å². The van der Waals surface area contributed by atoms with Gasteiger partial charge in [-0.15, -0.1) is 0 Å². The lowest BCUT2D eigenvalue weighted by Gasteiger charge is -2.58. The maximum atomic E-state index is 10.9. The fraction of sp³-hybridized carbons (Fsp3) is 0.880. The van der Waals surface area contributed by atoms with Gasteiger partial charge >= 0.3 is 5.97 Å². The molecule has 3 nitrogen and oxygen atoms in total. The number of hydrogen-bond acceptors (Lipinski definition) is 2. The summed E-state index contributed by atoms with van der Waals surface area (Å²) in [5, 5.41) is 19.1. The predicted octanol–water partition coefficient (Wildman–Crippen LogP) is 5.82. The second kappa shape index (κ2) is 7.45. The number of aliphatic hydroxyl groups is 1. The van der Waals surface area contributed by atoms with E-state index in [2.05, 4.69) is 26.8 Å². The van der Waals surface area contributed by atoms with Gasteiger partial charge in [-0.2, -0.15) is 0 Å². The van der Waals surface area contributed by atoms with Crippen LogP contribution in [0.1, 0.15) is 91.4 Å². The first kappa shape index (κ1) is 20.4. The molecule has 0 aliphatic heterocycles. The maximum absolute atomic E-state index is 10.9. The Hall–Kier alpha value is -0.830. The number of fused-ring (bicyclic) bond motifs is 5. The molecule has 0 heterocycles. The number of carboxylic acid groups (broad SMARTS) is 1. The van der Waals surface area contributed by atoms with Crippen molar-refractivity contribution in [2.75, 3.05) is 0 Å². The van der Waals surface area contributed by atoms with E-state index in [1.807, 2.05) is 0 Å². The molecule has 0 saturated heterocycles. The SMILES string of the molecule is C[C@H](CCCC(=O)O)[C@H]1CC[C@H]2[C@@H]3CC=C4C[C@@H](O)CC[C@]4(C)[C@H]3CC[C@]12C. The molecule has 3 fully saturated rings. The van der Waals surface area contributed by atoms with Crippen molar-refractivity contribution >= 4 is 5.97 Å². The molecule has 3 heteroatoms. The molecular formula is C25H40O3. The summed E-state index contributed by atoms with van der Waals surface area (Å²) in [7, 11) is 0. The normalized spacial score (nSPS) is 46.1. The monoisotopic (exact) mass is 388 g/mol. The average molecular weight is 389 g/mol. The van der Waals surface area contributed by atoms with Crippen LogP contribution in [0.3, 0.4) is 0 Å². The molecule has 0 aromatic carbocycles. The quantitative estimate of drug-likeness (QED) is 0.584. The molecule has 4 aliphatic rings. The Morgan fingerprint density at radius 1 is 1.18 bits per heavy atom. The highest BCUT2D eigenvalue weighted by molar-refractivity contribution is 5.66. The molecule has 3 saturated carbocycles. The van der Waals surface area contributed by atoms with Gasteiger partial charge in [0.25, 0.3) is 0 Å². The van der Waals surface area contributed by atoms with E-state index in [0.717, 1.165) is 49.4 Å². The Labute approximate surface area is 171 Å². The van der Waals surface area contributed by atoms with E-state index in [-0.39, 0.29) is 6.10 Å². The van der Waals surface area contributed by atoms with E-state index in [1.54, 1.807) is 5.57 Å². The van der Waals surface area contributed by atoms with Crippen molar-refractivity contribution in [2.24, 2.45) is 40.4 Å². The predicted molar refractivity (Wildman–Crippen MR) is 112 cm³/mol. The van der Waals surface area contributed by atoms with Gasteiger partial charge in [0.15, 0.2) is 0 Å². The second-order valence-electron chi connectivity index (χ2n) is 11.1. The zero-order valence-corrected chi connectivity index (χ0v) is 18.1. The summed E-state index contributed by atoms with van der Waals surface area (Å²) in [6, 6.07) is 0. The molecule has 0 amide bonds. The average Bonchev–Trinajstić information content (AvgIpc) is 2.99. The van der Waals surface area contributed by atoms with E-state index in [9.17, 15) is 9.90 Å². The Kier molecular flexibility index (Phi) is 5.44. The van der Waals surface area contributed by atoms with Crippen LogP contribution in [-0.2, 0) is 4.79 Å². The van der Waals surface area contributed by atoms with Gasteiger partial charge in [0.05, 0.1) is 6.10 Å². The third-order valence-corrected chi connectivity index (χ3v) is 9.89. The smallest absolute Gasteiger partial charge is 0.303 e. The van der Waals surface area contributed by atoms with Crippen molar-refractivity contribution in [1.82, 2.24) is 0 Å². The molecule has 158 valence electrons. The minimum absolute atomic E-state index is 0.118. The van der Waals surface area contributed by atoms with E-state index < -0.39 is 5.97 Å². The number of aliphatic carboxylic acids is 1. The highest BCUT2D eigenvalue weighted by atomic mass is 16.4. The minimum atomic E-state index is -0.654. The minimum Gasteiger partial charge on any atom is -0.481 e. The van der Waals surface area contributed by atoms with E-state index in [4.69, 9.17) is 5.11 Å². The lowest BCUT2D eigenvalue weighted by molar-refractivity contribution is -0.137. The van der Waals surface area contributed by atoms with Crippen molar-refractivity contribution < 1.29 is 15.0 Å². The van der Waals surface area contributed by atoms with Gasteiger partial charge in [-0.25, -0.2) is 0 Å². The molecule has 0 unspecified atom stereocenters. The summed E-state index contributed by atoms with van der Waals surface area (Å²) in [4.78, 5) is 10.9. The van der Waals surface area contributed by atoms with Gasteiger partial charge in [-0.05, 0) is 105 Å². The lowest BCUT2D eigenvalue weighted by atomic mass is 9.47. The Bertz CT molecular complexity index is 640. The van der Waals surface area contributed by atoms with E-state index >= 15 is 0 Å². The largest absolute Gasteiger partial charge is 0.481 e. The Morgan fingerprint density at radius 3 is 2.71 bits per heavy atom. The summed E-state index contributed by atoms with van der Waals surface area (Å²) < 4.78 is 0. The van der Waals surface area contributed by atoms with Crippen LogP contribution in [0.5, 0.6) is 0 Å². The first-order valence-electron chi connectivity index (χ1n) is 11.8. The molecule has 2 N–H and O–H groups in total. The first-order valence-corrected chi connectivity index (χ1v) is 11.8. The molecule has 8 atom stereocenters. The zero-order chi connectivity index (χ0) is 20.1. The molecule has 0 spiro atoms. The third-order valence-electron chi connectivity index (χ3n) is 9.89. The Balaban J connectivity index is 1.50. The molecule has 4 rings (SSSR count). The number of rotatable bonds is 5. The van der Waals surface area contributed by atoms with Crippen LogP contribution in [0.25, 0.3) is 0 Å². The third kappa shape index (κ3) is 3.26. The van der Waals surface area contributed by atoms with Gasteiger partial charge in [0.1, 0.15) is 0 Å². The van der Waals surface area contributed by atoms with Gasteiger partial charge in [-0.3, -0.25) is 4.79 Å². The highest BCUT2D eigenvalue weighted by Crippen LogP contribution is 2.67. The van der Waals surface area contributed by atoms with Crippen LogP contribution in [0.2, 0.25) is 0 Å². The topological polar surface area (TPSA) is 57.5 Å². The number of allylic oxidation sites excluding steroid dienone is 1. The second-order valence-corrected chi connectivity index (χ2v) is 11.1. The van der Waals surface area contributed by atoms with Crippen LogP contribution in [0.15, 0.2) is 11.6 Å².